The molecule has 5 heteroatoms. The van der Waals surface area contributed by atoms with Crippen molar-refractivity contribution in [1.29, 1.82) is 0 Å². The van der Waals surface area contributed by atoms with E-state index in [0.717, 1.165) is 5.56 Å². The van der Waals surface area contributed by atoms with Crippen molar-refractivity contribution in [2.45, 2.75) is 6.61 Å². The van der Waals surface area contributed by atoms with Gasteiger partial charge in [0.15, 0.2) is 12.1 Å². The Kier molecular flexibility index (Phi) is 4.19. The summed E-state index contributed by atoms with van der Waals surface area (Å²) in [6.07, 6.45) is 2.26. The van der Waals surface area contributed by atoms with Crippen molar-refractivity contribution in [2.24, 2.45) is 7.05 Å². The number of ether oxygens (including phenoxy) is 1. The molecule has 0 unspecified atom stereocenters. The zero-order valence-corrected chi connectivity index (χ0v) is 12.6. The fourth-order valence-corrected chi connectivity index (χ4v) is 2.25. The number of aryl methyl sites for hydroxylation is 1. The van der Waals surface area contributed by atoms with Gasteiger partial charge in [-0.25, -0.2) is 9.37 Å². The van der Waals surface area contributed by atoms with Gasteiger partial charge in [-0.1, -0.05) is 30.3 Å². The summed E-state index contributed by atoms with van der Waals surface area (Å²) < 4.78 is 21.4. The van der Waals surface area contributed by atoms with E-state index in [9.17, 15) is 9.18 Å². The summed E-state index contributed by atoms with van der Waals surface area (Å²) in [6.45, 7) is 0.374. The number of carbonyl (C=O) groups is 1. The third-order valence-corrected chi connectivity index (χ3v) is 3.48. The van der Waals surface area contributed by atoms with E-state index in [4.69, 9.17) is 4.74 Å². The van der Waals surface area contributed by atoms with Gasteiger partial charge in [0, 0.05) is 24.9 Å². The first kappa shape index (κ1) is 15.0. The molecule has 0 atom stereocenters. The topological polar surface area (TPSA) is 44.1 Å². The smallest absolute Gasteiger partial charge is 0.185 e. The lowest BCUT2D eigenvalue weighted by Crippen LogP contribution is -1.96. The van der Waals surface area contributed by atoms with Crippen LogP contribution in [0.2, 0.25) is 0 Å². The van der Waals surface area contributed by atoms with Gasteiger partial charge in [0.25, 0.3) is 0 Å². The number of rotatable bonds is 5. The molecule has 116 valence electrons. The number of hydrogen-bond acceptors (Lipinski definition) is 3. The number of aromatic nitrogens is 2. The molecule has 3 rings (SSSR count). The lowest BCUT2D eigenvalue weighted by molar-refractivity contribution is 0.111. The quantitative estimate of drug-likeness (QED) is 0.676. The van der Waals surface area contributed by atoms with Gasteiger partial charge in [0.05, 0.1) is 5.69 Å². The van der Waals surface area contributed by atoms with E-state index in [2.05, 4.69) is 4.98 Å². The van der Waals surface area contributed by atoms with Crippen molar-refractivity contribution < 1.29 is 13.9 Å². The second-order valence-electron chi connectivity index (χ2n) is 5.13. The number of nitrogens with zero attached hydrogens (tertiary/aromatic N) is 2. The Morgan fingerprint density at radius 2 is 2.00 bits per heavy atom. The minimum absolute atomic E-state index is 0.254. The van der Waals surface area contributed by atoms with Crippen molar-refractivity contribution in [3.63, 3.8) is 0 Å². The molecular weight excluding hydrogens is 295 g/mol. The Labute approximate surface area is 133 Å². The molecule has 0 aliphatic carbocycles. The molecule has 0 radical (unpaired) electrons. The highest BCUT2D eigenvalue weighted by molar-refractivity contribution is 5.72. The van der Waals surface area contributed by atoms with Crippen LogP contribution in [0.5, 0.6) is 5.75 Å². The molecule has 0 aliphatic heterocycles. The van der Waals surface area contributed by atoms with Crippen LogP contribution in [0.3, 0.4) is 0 Å². The van der Waals surface area contributed by atoms with Crippen LogP contribution in [-0.4, -0.2) is 15.8 Å². The Balaban J connectivity index is 1.78. The molecule has 0 fully saturated rings. The van der Waals surface area contributed by atoms with E-state index in [1.54, 1.807) is 29.9 Å². The Bertz CT molecular complexity index is 828. The number of hydrogen-bond donors (Lipinski definition) is 0. The van der Waals surface area contributed by atoms with E-state index >= 15 is 0 Å². The number of benzene rings is 2. The van der Waals surface area contributed by atoms with Gasteiger partial charge < -0.3 is 9.30 Å². The number of halogens is 1. The standard InChI is InChI=1S/C18H15FN2O2/c1-21-10-17(20-18(21)11-22)15-8-7-14(9-16(15)19)23-12-13-5-3-2-4-6-13/h2-11H,12H2,1H3. The maximum Gasteiger partial charge on any atom is 0.185 e. The predicted molar refractivity (Wildman–Crippen MR) is 84.8 cm³/mol. The third-order valence-electron chi connectivity index (χ3n) is 3.48. The summed E-state index contributed by atoms with van der Waals surface area (Å²) in [6, 6.07) is 14.3. The maximum atomic E-state index is 14.3. The average Bonchev–Trinajstić information content (AvgIpc) is 2.94. The molecule has 0 bridgehead atoms. The molecular formula is C18H15FN2O2. The molecule has 3 aromatic rings. The second-order valence-corrected chi connectivity index (χ2v) is 5.13. The minimum Gasteiger partial charge on any atom is -0.489 e. The maximum absolute atomic E-state index is 14.3. The van der Waals surface area contributed by atoms with Crippen LogP contribution < -0.4 is 4.74 Å². The van der Waals surface area contributed by atoms with E-state index < -0.39 is 5.82 Å². The van der Waals surface area contributed by atoms with Crippen LogP contribution in [-0.2, 0) is 13.7 Å². The van der Waals surface area contributed by atoms with Gasteiger partial charge >= 0.3 is 0 Å². The van der Waals surface area contributed by atoms with Gasteiger partial charge in [0.2, 0.25) is 0 Å². The van der Waals surface area contributed by atoms with Crippen LogP contribution in [0.15, 0.2) is 54.7 Å². The fraction of sp³-hybridized carbons (Fsp3) is 0.111. The molecule has 0 saturated heterocycles. The molecule has 4 nitrogen and oxygen atoms in total. The van der Waals surface area contributed by atoms with Gasteiger partial charge in [-0.3, -0.25) is 4.79 Å². The van der Waals surface area contributed by atoms with Crippen LogP contribution in [0, 0.1) is 5.82 Å². The number of aldehydes is 1. The first-order valence-corrected chi connectivity index (χ1v) is 7.12. The first-order valence-electron chi connectivity index (χ1n) is 7.12. The molecule has 2 aromatic carbocycles. The normalized spacial score (nSPS) is 10.5. The van der Waals surface area contributed by atoms with Crippen molar-refractivity contribution in [3.05, 3.63) is 71.9 Å². The predicted octanol–water partition coefficient (Wildman–Crippen LogP) is 3.62. The van der Waals surface area contributed by atoms with E-state index in [1.807, 2.05) is 30.3 Å². The van der Waals surface area contributed by atoms with Crippen molar-refractivity contribution in [1.82, 2.24) is 9.55 Å². The molecule has 1 heterocycles. The van der Waals surface area contributed by atoms with Crippen LogP contribution >= 0.6 is 0 Å². The second kappa shape index (κ2) is 6.44. The van der Waals surface area contributed by atoms with Crippen molar-refractivity contribution in [3.8, 4) is 17.0 Å². The molecule has 0 saturated carbocycles. The summed E-state index contributed by atoms with van der Waals surface area (Å²) in [4.78, 5) is 14.9. The summed E-state index contributed by atoms with van der Waals surface area (Å²) in [5, 5.41) is 0. The van der Waals surface area contributed by atoms with Crippen LogP contribution in [0.4, 0.5) is 4.39 Å². The van der Waals surface area contributed by atoms with Crippen molar-refractivity contribution >= 4 is 6.29 Å². The summed E-state index contributed by atoms with van der Waals surface area (Å²) in [5.74, 6) is 0.261. The Hall–Kier alpha value is -2.95. The Morgan fingerprint density at radius 3 is 2.65 bits per heavy atom. The van der Waals surface area contributed by atoms with E-state index in [1.165, 1.54) is 6.07 Å². The number of imidazole rings is 1. The monoisotopic (exact) mass is 310 g/mol. The highest BCUT2D eigenvalue weighted by Crippen LogP contribution is 2.26. The highest BCUT2D eigenvalue weighted by Gasteiger charge is 2.12. The molecule has 0 N–H and O–H groups in total. The largest absolute Gasteiger partial charge is 0.489 e. The summed E-state index contributed by atoms with van der Waals surface area (Å²) in [5.41, 5.74) is 1.76. The van der Waals surface area contributed by atoms with E-state index in [0.29, 0.717) is 29.9 Å². The summed E-state index contributed by atoms with van der Waals surface area (Å²) in [7, 11) is 1.69. The van der Waals surface area contributed by atoms with Crippen molar-refractivity contribution in [2.75, 3.05) is 0 Å². The number of carbonyl (C=O) groups excluding carboxylic acids is 1. The molecule has 0 spiro atoms. The van der Waals surface area contributed by atoms with E-state index in [-0.39, 0.29) is 5.82 Å². The lowest BCUT2D eigenvalue weighted by atomic mass is 10.1. The SMILES string of the molecule is Cn1cc(-c2ccc(OCc3ccccc3)cc2F)nc1C=O. The Morgan fingerprint density at radius 1 is 1.22 bits per heavy atom. The van der Waals surface area contributed by atoms with Gasteiger partial charge in [-0.15, -0.1) is 0 Å². The minimum atomic E-state index is -0.439. The first-order chi connectivity index (χ1) is 11.2. The van der Waals surface area contributed by atoms with Crippen LogP contribution in [0.25, 0.3) is 11.3 Å². The molecule has 0 amide bonds. The third kappa shape index (κ3) is 3.29. The lowest BCUT2D eigenvalue weighted by Gasteiger charge is -2.07. The zero-order valence-electron chi connectivity index (χ0n) is 12.6. The zero-order chi connectivity index (χ0) is 16.2. The van der Waals surface area contributed by atoms with Gasteiger partial charge in [-0.2, -0.15) is 0 Å². The van der Waals surface area contributed by atoms with Gasteiger partial charge in [0.1, 0.15) is 18.2 Å². The van der Waals surface area contributed by atoms with Gasteiger partial charge in [-0.05, 0) is 17.7 Å². The highest BCUT2D eigenvalue weighted by atomic mass is 19.1. The molecule has 1 aromatic heterocycles. The molecule has 23 heavy (non-hydrogen) atoms. The average molecular weight is 310 g/mol. The summed E-state index contributed by atoms with van der Waals surface area (Å²) >= 11 is 0. The molecule has 0 aliphatic rings. The fourth-order valence-electron chi connectivity index (χ4n) is 2.25. The van der Waals surface area contributed by atoms with Crippen LogP contribution in [0.1, 0.15) is 16.2 Å².